The van der Waals surface area contributed by atoms with E-state index in [4.69, 9.17) is 0 Å². The van der Waals surface area contributed by atoms with E-state index in [0.29, 0.717) is 4.75 Å². The van der Waals surface area contributed by atoms with Crippen LogP contribution < -0.4 is 0 Å². The highest BCUT2D eigenvalue weighted by molar-refractivity contribution is 8.00. The smallest absolute Gasteiger partial charge is 0.0110 e. The summed E-state index contributed by atoms with van der Waals surface area (Å²) in [6, 6.07) is 0. The number of rotatable bonds is 5. The average Bonchev–Trinajstić information content (AvgIpc) is 2.19. The molecule has 2 nitrogen and oxygen atoms in total. The third kappa shape index (κ3) is 6.12. The molecule has 0 unspecified atom stereocenters. The summed E-state index contributed by atoms with van der Waals surface area (Å²) in [5.41, 5.74) is 0. The Bertz CT molecular complexity index is 181. The van der Waals surface area contributed by atoms with Gasteiger partial charge in [0, 0.05) is 43.2 Å². The summed E-state index contributed by atoms with van der Waals surface area (Å²) in [5.74, 6) is 1.28. The molecular formula is C13H28N2S. The number of piperazine rings is 1. The molecule has 0 bridgehead atoms. The van der Waals surface area contributed by atoms with Crippen molar-refractivity contribution in [2.75, 3.05) is 45.0 Å². The molecule has 1 fully saturated rings. The summed E-state index contributed by atoms with van der Waals surface area (Å²) in [6.45, 7) is 16.8. The van der Waals surface area contributed by atoms with Crippen molar-refractivity contribution in [1.82, 2.24) is 9.80 Å². The monoisotopic (exact) mass is 244 g/mol. The Balaban J connectivity index is 2.08. The molecule has 0 aromatic rings. The van der Waals surface area contributed by atoms with Crippen LogP contribution in [0.3, 0.4) is 0 Å². The van der Waals surface area contributed by atoms with E-state index in [1.807, 2.05) is 0 Å². The minimum absolute atomic E-state index is 0.421. The van der Waals surface area contributed by atoms with Gasteiger partial charge in [0.2, 0.25) is 0 Å². The Morgan fingerprint density at radius 3 is 1.88 bits per heavy atom. The topological polar surface area (TPSA) is 6.48 Å². The van der Waals surface area contributed by atoms with Gasteiger partial charge in [-0.25, -0.2) is 0 Å². The molecule has 3 heteroatoms. The third-order valence-electron chi connectivity index (χ3n) is 2.95. The van der Waals surface area contributed by atoms with Gasteiger partial charge in [0.1, 0.15) is 0 Å². The highest BCUT2D eigenvalue weighted by Crippen LogP contribution is 2.22. The van der Waals surface area contributed by atoms with Crippen LogP contribution in [-0.2, 0) is 0 Å². The molecule has 0 spiro atoms. The summed E-state index contributed by atoms with van der Waals surface area (Å²) in [4.78, 5) is 5.21. The van der Waals surface area contributed by atoms with Gasteiger partial charge in [-0.15, -0.1) is 0 Å². The molecule has 0 N–H and O–H groups in total. The predicted octanol–water partition coefficient (Wildman–Crippen LogP) is 2.55. The van der Waals surface area contributed by atoms with Crippen LogP contribution in [-0.4, -0.2) is 59.6 Å². The largest absolute Gasteiger partial charge is 0.301 e. The summed E-state index contributed by atoms with van der Waals surface area (Å²) < 4.78 is 0.421. The van der Waals surface area contributed by atoms with E-state index in [-0.39, 0.29) is 0 Å². The minimum atomic E-state index is 0.421. The van der Waals surface area contributed by atoms with Crippen LogP contribution in [0.1, 0.15) is 34.1 Å². The quantitative estimate of drug-likeness (QED) is 0.734. The van der Waals surface area contributed by atoms with E-state index in [1.54, 1.807) is 0 Å². The van der Waals surface area contributed by atoms with Crippen LogP contribution in [0, 0.1) is 0 Å². The molecule has 1 aliphatic rings. The standard InChI is InChI=1S/C13H28N2S/c1-5-6-14-7-9-15(10-8-14)11-12-16-13(2,3)4/h5-12H2,1-4H3. The summed E-state index contributed by atoms with van der Waals surface area (Å²) in [7, 11) is 0. The Hall–Kier alpha value is 0.270. The van der Waals surface area contributed by atoms with Crippen molar-refractivity contribution < 1.29 is 0 Å². The highest BCUT2D eigenvalue weighted by atomic mass is 32.2. The van der Waals surface area contributed by atoms with E-state index >= 15 is 0 Å². The van der Waals surface area contributed by atoms with Crippen molar-refractivity contribution >= 4 is 11.8 Å². The first-order chi connectivity index (χ1) is 7.51. The Morgan fingerprint density at radius 2 is 1.44 bits per heavy atom. The molecule has 0 radical (unpaired) electrons. The van der Waals surface area contributed by atoms with Crippen molar-refractivity contribution in [3.05, 3.63) is 0 Å². The van der Waals surface area contributed by atoms with Crippen molar-refractivity contribution in [2.24, 2.45) is 0 Å². The Kier molecular flexibility index (Phi) is 6.16. The maximum absolute atomic E-state index is 2.62. The van der Waals surface area contributed by atoms with E-state index < -0.39 is 0 Å². The van der Waals surface area contributed by atoms with Gasteiger partial charge in [0.15, 0.2) is 0 Å². The molecule has 1 aliphatic heterocycles. The third-order valence-corrected chi connectivity index (χ3v) is 4.20. The molecule has 0 aliphatic carbocycles. The zero-order valence-electron chi connectivity index (χ0n) is 11.5. The molecule has 96 valence electrons. The Labute approximate surface area is 106 Å². The lowest BCUT2D eigenvalue weighted by Crippen LogP contribution is -2.47. The normalized spacial score (nSPS) is 20.2. The lowest BCUT2D eigenvalue weighted by atomic mass is 10.3. The minimum Gasteiger partial charge on any atom is -0.301 e. The highest BCUT2D eigenvalue weighted by Gasteiger charge is 2.16. The number of hydrogen-bond donors (Lipinski definition) is 0. The van der Waals surface area contributed by atoms with Gasteiger partial charge in [-0.05, 0) is 13.0 Å². The fourth-order valence-corrected chi connectivity index (χ4v) is 3.00. The maximum atomic E-state index is 2.62. The molecule has 1 saturated heterocycles. The summed E-state index contributed by atoms with van der Waals surface area (Å²) in [6.07, 6.45) is 1.29. The lowest BCUT2D eigenvalue weighted by molar-refractivity contribution is 0.138. The zero-order valence-corrected chi connectivity index (χ0v) is 12.3. The maximum Gasteiger partial charge on any atom is 0.0110 e. The van der Waals surface area contributed by atoms with Gasteiger partial charge in [0.05, 0.1) is 0 Å². The second-order valence-electron chi connectivity index (χ2n) is 5.64. The van der Waals surface area contributed by atoms with Gasteiger partial charge in [-0.3, -0.25) is 4.90 Å². The Morgan fingerprint density at radius 1 is 0.938 bits per heavy atom. The second-order valence-corrected chi connectivity index (χ2v) is 7.57. The van der Waals surface area contributed by atoms with Crippen LogP contribution in [0.15, 0.2) is 0 Å². The molecule has 0 atom stereocenters. The molecule has 1 rings (SSSR count). The summed E-state index contributed by atoms with van der Waals surface area (Å²) in [5, 5.41) is 0. The fourth-order valence-electron chi connectivity index (χ4n) is 2.03. The van der Waals surface area contributed by atoms with E-state index in [0.717, 1.165) is 0 Å². The lowest BCUT2D eigenvalue weighted by Gasteiger charge is -2.34. The van der Waals surface area contributed by atoms with Crippen LogP contribution in [0.4, 0.5) is 0 Å². The first-order valence-electron chi connectivity index (χ1n) is 6.60. The van der Waals surface area contributed by atoms with E-state index in [1.165, 1.54) is 51.4 Å². The van der Waals surface area contributed by atoms with Crippen LogP contribution in [0.25, 0.3) is 0 Å². The molecule has 0 aromatic heterocycles. The van der Waals surface area contributed by atoms with Gasteiger partial charge in [-0.2, -0.15) is 11.8 Å². The molecule has 0 saturated carbocycles. The van der Waals surface area contributed by atoms with E-state index in [2.05, 4.69) is 49.3 Å². The van der Waals surface area contributed by atoms with Crippen molar-refractivity contribution in [1.29, 1.82) is 0 Å². The van der Waals surface area contributed by atoms with Gasteiger partial charge in [-0.1, -0.05) is 27.7 Å². The first-order valence-corrected chi connectivity index (χ1v) is 7.58. The van der Waals surface area contributed by atoms with Crippen molar-refractivity contribution in [3.63, 3.8) is 0 Å². The second kappa shape index (κ2) is 6.87. The van der Waals surface area contributed by atoms with Gasteiger partial charge >= 0.3 is 0 Å². The van der Waals surface area contributed by atoms with Crippen molar-refractivity contribution in [2.45, 2.75) is 38.9 Å². The SMILES string of the molecule is CCCN1CCN(CCSC(C)(C)C)CC1. The molecular weight excluding hydrogens is 216 g/mol. The van der Waals surface area contributed by atoms with Crippen LogP contribution >= 0.6 is 11.8 Å². The van der Waals surface area contributed by atoms with E-state index in [9.17, 15) is 0 Å². The van der Waals surface area contributed by atoms with Crippen LogP contribution in [0.5, 0.6) is 0 Å². The number of thioether (sulfide) groups is 1. The first kappa shape index (κ1) is 14.3. The molecule has 0 aromatic carbocycles. The summed E-state index contributed by atoms with van der Waals surface area (Å²) >= 11 is 2.08. The van der Waals surface area contributed by atoms with Gasteiger partial charge < -0.3 is 4.90 Å². The molecule has 16 heavy (non-hydrogen) atoms. The van der Waals surface area contributed by atoms with Crippen LogP contribution in [0.2, 0.25) is 0 Å². The van der Waals surface area contributed by atoms with Crippen molar-refractivity contribution in [3.8, 4) is 0 Å². The number of nitrogens with zero attached hydrogens (tertiary/aromatic N) is 2. The zero-order chi connectivity index (χ0) is 12.0. The molecule has 1 heterocycles. The fraction of sp³-hybridized carbons (Fsp3) is 1.00. The molecule has 0 amide bonds. The average molecular weight is 244 g/mol. The van der Waals surface area contributed by atoms with Gasteiger partial charge in [0.25, 0.3) is 0 Å². The number of hydrogen-bond acceptors (Lipinski definition) is 3. The predicted molar refractivity (Wildman–Crippen MR) is 75.4 cm³/mol.